The molecule has 0 amide bonds. The van der Waals surface area contributed by atoms with Crippen LogP contribution in [0.4, 0.5) is 5.82 Å². The van der Waals surface area contributed by atoms with Gasteiger partial charge < -0.3 is 5.43 Å². The number of hydrazine groups is 1. The average molecular weight is 254 g/mol. The molecule has 4 nitrogen and oxygen atoms in total. The molecule has 0 saturated carbocycles. The molecule has 5 heteroatoms. The highest BCUT2D eigenvalue weighted by Crippen LogP contribution is 2.21. The molecule has 0 bridgehead atoms. The molecule has 1 aromatic heterocycles. The van der Waals surface area contributed by atoms with Crippen molar-refractivity contribution in [1.82, 2.24) is 9.97 Å². The van der Waals surface area contributed by atoms with E-state index in [4.69, 9.17) is 5.84 Å². The number of aromatic nitrogens is 2. The fourth-order valence-corrected chi connectivity index (χ4v) is 2.08. The van der Waals surface area contributed by atoms with Crippen molar-refractivity contribution in [2.75, 3.05) is 5.43 Å². The zero-order valence-electron chi connectivity index (χ0n) is 11.0. The Balaban J connectivity index is 2.80. The van der Waals surface area contributed by atoms with Gasteiger partial charge in [0.2, 0.25) is 0 Å². The lowest BCUT2D eigenvalue weighted by Crippen LogP contribution is -2.12. The van der Waals surface area contributed by atoms with E-state index in [-0.39, 0.29) is 0 Å². The second kappa shape index (κ2) is 6.81. The largest absolute Gasteiger partial charge is 0.308 e. The molecule has 0 spiro atoms. The fourth-order valence-electron chi connectivity index (χ4n) is 1.29. The maximum Gasteiger partial charge on any atom is 0.143 e. The summed E-state index contributed by atoms with van der Waals surface area (Å²) in [6.07, 6.45) is 1.16. The van der Waals surface area contributed by atoms with Crippen molar-refractivity contribution in [1.29, 1.82) is 0 Å². The van der Waals surface area contributed by atoms with Gasteiger partial charge in [-0.05, 0) is 12.3 Å². The number of nitrogens with zero attached hydrogens (tertiary/aromatic N) is 2. The number of rotatable bonds is 6. The number of nitrogens with one attached hydrogen (secondary N) is 1. The molecule has 3 N–H and O–H groups in total. The van der Waals surface area contributed by atoms with E-state index in [2.05, 4.69) is 43.1 Å². The maximum atomic E-state index is 5.42. The average Bonchev–Trinajstić information content (AvgIpc) is 2.35. The van der Waals surface area contributed by atoms with Crippen molar-refractivity contribution >= 4 is 17.6 Å². The minimum atomic E-state index is 0.387. The van der Waals surface area contributed by atoms with E-state index in [1.165, 1.54) is 0 Å². The van der Waals surface area contributed by atoms with Gasteiger partial charge in [0, 0.05) is 17.0 Å². The Morgan fingerprint density at radius 2 is 2.06 bits per heavy atom. The van der Waals surface area contributed by atoms with Gasteiger partial charge in [0.15, 0.2) is 0 Å². The van der Waals surface area contributed by atoms with Crippen LogP contribution in [0.2, 0.25) is 0 Å². The Hall–Kier alpha value is -0.810. The molecule has 1 heterocycles. The standard InChI is InChI=1S/C12H22N4S/c1-5-9(4)17-7-12-14-10(8(2)3)6-11(15-12)16-13/h6,8-9H,5,7,13H2,1-4H3,(H,14,15,16). The molecule has 0 aliphatic rings. The molecular weight excluding hydrogens is 232 g/mol. The SMILES string of the molecule is CCC(C)SCc1nc(NN)cc(C(C)C)n1. The third-order valence-corrected chi connectivity index (χ3v) is 3.93. The lowest BCUT2D eigenvalue weighted by Gasteiger charge is -2.11. The van der Waals surface area contributed by atoms with E-state index in [9.17, 15) is 0 Å². The van der Waals surface area contributed by atoms with Crippen LogP contribution in [0.3, 0.4) is 0 Å². The van der Waals surface area contributed by atoms with Gasteiger partial charge in [-0.15, -0.1) is 0 Å². The third-order valence-electron chi connectivity index (χ3n) is 2.60. The Kier molecular flexibility index (Phi) is 5.71. The molecule has 96 valence electrons. The summed E-state index contributed by atoms with van der Waals surface area (Å²) in [5.41, 5.74) is 3.64. The number of nitrogen functional groups attached to an aromatic ring is 1. The molecule has 0 aliphatic heterocycles. The van der Waals surface area contributed by atoms with Gasteiger partial charge in [0.25, 0.3) is 0 Å². The Bertz CT molecular complexity index is 354. The first kappa shape index (κ1) is 14.3. The highest BCUT2D eigenvalue weighted by molar-refractivity contribution is 7.99. The predicted octanol–water partition coefficient (Wildman–Crippen LogP) is 2.92. The summed E-state index contributed by atoms with van der Waals surface area (Å²) in [6, 6.07) is 1.90. The molecule has 1 aromatic rings. The van der Waals surface area contributed by atoms with Crippen LogP contribution in [-0.4, -0.2) is 15.2 Å². The Morgan fingerprint density at radius 3 is 2.59 bits per heavy atom. The third kappa shape index (κ3) is 4.52. The molecule has 17 heavy (non-hydrogen) atoms. The molecule has 1 rings (SSSR count). The summed E-state index contributed by atoms with van der Waals surface area (Å²) in [5, 5.41) is 0.635. The van der Waals surface area contributed by atoms with Gasteiger partial charge in [0.05, 0.1) is 5.75 Å². The highest BCUT2D eigenvalue weighted by atomic mass is 32.2. The number of nitrogens with two attached hydrogens (primary N) is 1. The lowest BCUT2D eigenvalue weighted by atomic mass is 10.1. The first-order chi connectivity index (χ1) is 8.06. The van der Waals surface area contributed by atoms with Gasteiger partial charge in [-0.2, -0.15) is 11.8 Å². The summed E-state index contributed by atoms with van der Waals surface area (Å²) in [7, 11) is 0. The van der Waals surface area contributed by atoms with Crippen LogP contribution >= 0.6 is 11.8 Å². The van der Waals surface area contributed by atoms with Crippen molar-refractivity contribution in [2.24, 2.45) is 5.84 Å². The molecular formula is C12H22N4S. The summed E-state index contributed by atoms with van der Waals surface area (Å²) >= 11 is 1.88. The van der Waals surface area contributed by atoms with E-state index in [0.29, 0.717) is 17.0 Å². The monoisotopic (exact) mass is 254 g/mol. The second-order valence-electron chi connectivity index (χ2n) is 4.42. The van der Waals surface area contributed by atoms with E-state index in [1.54, 1.807) is 0 Å². The topological polar surface area (TPSA) is 63.8 Å². The summed E-state index contributed by atoms with van der Waals surface area (Å²) < 4.78 is 0. The fraction of sp³-hybridized carbons (Fsp3) is 0.667. The molecule has 0 aromatic carbocycles. The molecule has 1 atom stereocenters. The quantitative estimate of drug-likeness (QED) is 0.603. The first-order valence-electron chi connectivity index (χ1n) is 6.02. The zero-order valence-corrected chi connectivity index (χ0v) is 11.8. The molecule has 1 unspecified atom stereocenters. The number of thioether (sulfide) groups is 1. The summed E-state index contributed by atoms with van der Waals surface area (Å²) in [4.78, 5) is 8.93. The van der Waals surface area contributed by atoms with Crippen LogP contribution < -0.4 is 11.3 Å². The van der Waals surface area contributed by atoms with Crippen molar-refractivity contribution in [2.45, 2.75) is 51.0 Å². The number of anilines is 1. The minimum absolute atomic E-state index is 0.387. The zero-order chi connectivity index (χ0) is 12.8. The lowest BCUT2D eigenvalue weighted by molar-refractivity contribution is 0.799. The molecule has 0 aliphatic carbocycles. The minimum Gasteiger partial charge on any atom is -0.308 e. The van der Waals surface area contributed by atoms with Crippen LogP contribution in [0, 0.1) is 0 Å². The maximum absolute atomic E-state index is 5.42. The van der Waals surface area contributed by atoms with E-state index >= 15 is 0 Å². The molecule has 0 radical (unpaired) electrons. The second-order valence-corrected chi connectivity index (χ2v) is 5.85. The van der Waals surface area contributed by atoms with E-state index in [0.717, 1.165) is 23.7 Å². The Morgan fingerprint density at radius 1 is 1.35 bits per heavy atom. The highest BCUT2D eigenvalue weighted by Gasteiger charge is 2.08. The van der Waals surface area contributed by atoms with Crippen LogP contribution in [-0.2, 0) is 5.75 Å². The van der Waals surface area contributed by atoms with Gasteiger partial charge in [-0.1, -0.05) is 27.7 Å². The van der Waals surface area contributed by atoms with Crippen molar-refractivity contribution in [3.05, 3.63) is 17.6 Å². The van der Waals surface area contributed by atoms with Crippen LogP contribution in [0.1, 0.15) is 51.6 Å². The van der Waals surface area contributed by atoms with Crippen LogP contribution in [0.25, 0.3) is 0 Å². The van der Waals surface area contributed by atoms with E-state index in [1.807, 2.05) is 17.8 Å². The van der Waals surface area contributed by atoms with Crippen molar-refractivity contribution < 1.29 is 0 Å². The molecule has 0 saturated heterocycles. The first-order valence-corrected chi connectivity index (χ1v) is 7.07. The predicted molar refractivity (Wildman–Crippen MR) is 75.0 cm³/mol. The smallest absolute Gasteiger partial charge is 0.143 e. The van der Waals surface area contributed by atoms with Gasteiger partial charge in [-0.25, -0.2) is 15.8 Å². The normalized spacial score (nSPS) is 12.8. The number of hydrogen-bond donors (Lipinski definition) is 2. The number of hydrogen-bond acceptors (Lipinski definition) is 5. The summed E-state index contributed by atoms with van der Waals surface area (Å²) in [5.74, 6) is 8.20. The van der Waals surface area contributed by atoms with Crippen molar-refractivity contribution in [3.63, 3.8) is 0 Å². The van der Waals surface area contributed by atoms with Gasteiger partial charge >= 0.3 is 0 Å². The van der Waals surface area contributed by atoms with Crippen LogP contribution in [0.15, 0.2) is 6.07 Å². The van der Waals surface area contributed by atoms with Gasteiger partial charge in [-0.3, -0.25) is 0 Å². The Labute approximate surface area is 108 Å². The van der Waals surface area contributed by atoms with E-state index < -0.39 is 0 Å². The van der Waals surface area contributed by atoms with Gasteiger partial charge in [0.1, 0.15) is 11.6 Å². The van der Waals surface area contributed by atoms with Crippen LogP contribution in [0.5, 0.6) is 0 Å². The van der Waals surface area contributed by atoms with Crippen molar-refractivity contribution in [3.8, 4) is 0 Å². The molecule has 0 fully saturated rings. The summed E-state index contributed by atoms with van der Waals surface area (Å²) in [6.45, 7) is 8.65.